The van der Waals surface area contributed by atoms with Crippen molar-refractivity contribution in [1.29, 1.82) is 0 Å². The van der Waals surface area contributed by atoms with E-state index in [1.807, 2.05) is 6.92 Å². The van der Waals surface area contributed by atoms with Crippen molar-refractivity contribution in [2.75, 3.05) is 112 Å². The largest absolute Gasteiger partial charge is 0.480 e. The van der Waals surface area contributed by atoms with Gasteiger partial charge < -0.3 is 40.5 Å². The maximum Gasteiger partial charge on any atom is 0.326 e. The van der Waals surface area contributed by atoms with E-state index in [2.05, 4.69) is 10.6 Å². The number of rotatable bonds is 21. The maximum atomic E-state index is 12.9. The molecule has 46 heavy (non-hydrogen) atoms. The number of carbonyl (C=O) groups excluding carboxylic acids is 2. The molecule has 1 heterocycles. The molecule has 0 radical (unpaired) electrons. The molecule has 0 saturated carbocycles. The molecule has 1 rings (SSSR count). The molecule has 0 bridgehead atoms. The van der Waals surface area contributed by atoms with Gasteiger partial charge in [0.2, 0.25) is 11.8 Å². The molecular formula is C28H50N6O12. The number of aliphatic carboxylic acids is 4. The first-order valence-corrected chi connectivity index (χ1v) is 15.4. The van der Waals surface area contributed by atoms with E-state index in [0.717, 1.165) is 0 Å². The zero-order chi connectivity index (χ0) is 34.3. The van der Waals surface area contributed by atoms with E-state index in [1.54, 1.807) is 19.6 Å². The summed E-state index contributed by atoms with van der Waals surface area (Å²) in [6.07, 6.45) is 0.309. The van der Waals surface area contributed by atoms with E-state index in [1.165, 1.54) is 0 Å². The Labute approximate surface area is 268 Å². The van der Waals surface area contributed by atoms with Crippen molar-refractivity contribution in [3.63, 3.8) is 0 Å². The van der Waals surface area contributed by atoms with Crippen LogP contribution in [-0.4, -0.2) is 193 Å². The third kappa shape index (κ3) is 20.6. The monoisotopic (exact) mass is 662 g/mol. The number of nitrogens with zero attached hydrogens (tertiary/aromatic N) is 4. The minimum atomic E-state index is -1.32. The number of hydrogen-bond acceptors (Lipinski definition) is 12. The topological polar surface area (TPSA) is 239 Å². The number of hydrogen-bond donors (Lipinski definition) is 6. The quantitative estimate of drug-likeness (QED) is 0.0689. The van der Waals surface area contributed by atoms with Gasteiger partial charge in [-0.25, -0.2) is 4.79 Å². The highest BCUT2D eigenvalue weighted by molar-refractivity contribution is 5.85. The highest BCUT2D eigenvalue weighted by Gasteiger charge is 2.24. The van der Waals surface area contributed by atoms with Crippen molar-refractivity contribution in [3.05, 3.63) is 0 Å². The molecule has 0 spiro atoms. The molecule has 1 aliphatic rings. The molecular weight excluding hydrogens is 612 g/mol. The molecule has 0 aliphatic carbocycles. The smallest absolute Gasteiger partial charge is 0.326 e. The van der Waals surface area contributed by atoms with Gasteiger partial charge in [0.1, 0.15) is 6.04 Å². The van der Waals surface area contributed by atoms with Gasteiger partial charge in [0.25, 0.3) is 0 Å². The summed E-state index contributed by atoms with van der Waals surface area (Å²) in [7, 11) is 0. The van der Waals surface area contributed by atoms with Gasteiger partial charge in [0.15, 0.2) is 0 Å². The number of carboxylic acids is 4. The predicted octanol–water partition coefficient (Wildman–Crippen LogP) is -2.63. The predicted molar refractivity (Wildman–Crippen MR) is 162 cm³/mol. The molecule has 18 heteroatoms. The van der Waals surface area contributed by atoms with Crippen LogP contribution in [0.25, 0.3) is 0 Å². The van der Waals surface area contributed by atoms with Gasteiger partial charge in [0, 0.05) is 78.5 Å². The standard InChI is InChI=1S/C28H50N6O12/c1-2-45-16-17-46-15-3-6-29-23(35)5-4-22(28(43)44)30-24(36)18-31-7-9-32(19-25(37)38)11-13-34(21-27(41)42)14-12-33(10-8-31)20-26(39)40/h22H,2-21H2,1H3,(H,29,35)(H,30,36)(H,37,38)(H,39,40)(H,41,42)(H,43,44)/t22-/m0/s1. The normalized spacial score (nSPS) is 16.9. The van der Waals surface area contributed by atoms with Crippen molar-refractivity contribution in [3.8, 4) is 0 Å². The Morgan fingerprint density at radius 1 is 0.630 bits per heavy atom. The second-order valence-corrected chi connectivity index (χ2v) is 10.8. The molecule has 1 aliphatic heterocycles. The lowest BCUT2D eigenvalue weighted by molar-refractivity contribution is -0.142. The molecule has 1 saturated heterocycles. The lowest BCUT2D eigenvalue weighted by Crippen LogP contribution is -2.51. The summed E-state index contributed by atoms with van der Waals surface area (Å²) < 4.78 is 10.5. The number of amides is 2. The van der Waals surface area contributed by atoms with E-state index in [0.29, 0.717) is 39.4 Å². The molecule has 0 aromatic heterocycles. The van der Waals surface area contributed by atoms with Gasteiger partial charge in [-0.2, -0.15) is 0 Å². The number of ether oxygens (including phenoxy) is 2. The Balaban J connectivity index is 2.75. The van der Waals surface area contributed by atoms with Crippen LogP contribution in [0.3, 0.4) is 0 Å². The Hall–Kier alpha value is -3.42. The van der Waals surface area contributed by atoms with Gasteiger partial charge in [0.05, 0.1) is 39.4 Å². The lowest BCUT2D eigenvalue weighted by atomic mass is 10.1. The van der Waals surface area contributed by atoms with Crippen LogP contribution >= 0.6 is 0 Å². The van der Waals surface area contributed by atoms with Gasteiger partial charge in [-0.3, -0.25) is 43.6 Å². The molecule has 1 fully saturated rings. The molecule has 264 valence electrons. The third-order valence-corrected chi connectivity index (χ3v) is 7.03. The van der Waals surface area contributed by atoms with Crippen molar-refractivity contribution >= 4 is 35.7 Å². The fourth-order valence-corrected chi connectivity index (χ4v) is 4.62. The lowest BCUT2D eigenvalue weighted by Gasteiger charge is -2.33. The summed E-state index contributed by atoms with van der Waals surface area (Å²) >= 11 is 0. The summed E-state index contributed by atoms with van der Waals surface area (Å²) in [6, 6.07) is -1.32. The molecule has 0 unspecified atom stereocenters. The van der Waals surface area contributed by atoms with Crippen LogP contribution in [0.5, 0.6) is 0 Å². The zero-order valence-electron chi connectivity index (χ0n) is 26.6. The number of nitrogens with one attached hydrogen (secondary N) is 2. The summed E-state index contributed by atoms with van der Waals surface area (Å²) in [5.41, 5.74) is 0. The van der Waals surface area contributed by atoms with Crippen LogP contribution in [0.1, 0.15) is 26.2 Å². The highest BCUT2D eigenvalue weighted by atomic mass is 16.5. The fourth-order valence-electron chi connectivity index (χ4n) is 4.62. The maximum absolute atomic E-state index is 12.9. The fraction of sp³-hybridized carbons (Fsp3) is 0.786. The zero-order valence-corrected chi connectivity index (χ0v) is 26.6. The first kappa shape index (κ1) is 40.6. The molecule has 18 nitrogen and oxygen atoms in total. The Morgan fingerprint density at radius 3 is 1.48 bits per heavy atom. The van der Waals surface area contributed by atoms with Crippen molar-refractivity contribution in [1.82, 2.24) is 30.2 Å². The Bertz CT molecular complexity index is 939. The first-order chi connectivity index (χ1) is 21.9. The van der Waals surface area contributed by atoms with Crippen LogP contribution in [-0.2, 0) is 38.2 Å². The van der Waals surface area contributed by atoms with Crippen LogP contribution in [0.15, 0.2) is 0 Å². The minimum Gasteiger partial charge on any atom is -0.480 e. The average Bonchev–Trinajstić information content (AvgIpc) is 2.97. The van der Waals surface area contributed by atoms with Crippen molar-refractivity contribution < 1.29 is 58.7 Å². The van der Waals surface area contributed by atoms with Gasteiger partial charge in [-0.15, -0.1) is 0 Å². The van der Waals surface area contributed by atoms with E-state index in [-0.39, 0.29) is 97.3 Å². The SMILES string of the molecule is CCOCCOCCCNC(=O)CC[C@H](NC(=O)CN1CCN(CC(=O)O)CCN(CC(=O)O)CCN(CC(=O)O)CC1)C(=O)O. The Kier molecular flexibility index (Phi) is 21.1. The van der Waals surface area contributed by atoms with E-state index < -0.39 is 35.8 Å². The van der Waals surface area contributed by atoms with Crippen LogP contribution in [0.4, 0.5) is 0 Å². The Morgan fingerprint density at radius 2 is 1.07 bits per heavy atom. The van der Waals surface area contributed by atoms with Crippen LogP contribution in [0.2, 0.25) is 0 Å². The second kappa shape index (κ2) is 23.9. The van der Waals surface area contributed by atoms with Crippen molar-refractivity contribution in [2.45, 2.75) is 32.2 Å². The first-order valence-electron chi connectivity index (χ1n) is 15.4. The summed E-state index contributed by atoms with van der Waals surface area (Å²) in [4.78, 5) is 77.7. The number of carbonyl (C=O) groups is 6. The van der Waals surface area contributed by atoms with Crippen LogP contribution < -0.4 is 10.6 Å². The van der Waals surface area contributed by atoms with Crippen LogP contribution in [0, 0.1) is 0 Å². The van der Waals surface area contributed by atoms with Gasteiger partial charge in [-0.1, -0.05) is 0 Å². The molecule has 2 amide bonds. The molecule has 0 aromatic rings. The third-order valence-electron chi connectivity index (χ3n) is 7.03. The summed E-state index contributed by atoms with van der Waals surface area (Å²) in [5.74, 6) is -5.50. The van der Waals surface area contributed by atoms with Gasteiger partial charge >= 0.3 is 23.9 Å². The van der Waals surface area contributed by atoms with E-state index in [4.69, 9.17) is 9.47 Å². The second-order valence-electron chi connectivity index (χ2n) is 10.8. The van der Waals surface area contributed by atoms with Crippen molar-refractivity contribution in [2.24, 2.45) is 0 Å². The minimum absolute atomic E-state index is 0.126. The highest BCUT2D eigenvalue weighted by Crippen LogP contribution is 2.03. The average molecular weight is 663 g/mol. The summed E-state index contributed by atoms with van der Waals surface area (Å²) in [5, 5.41) is 42.8. The number of carboxylic acid groups (broad SMARTS) is 4. The molecule has 6 N–H and O–H groups in total. The van der Waals surface area contributed by atoms with E-state index >= 15 is 0 Å². The van der Waals surface area contributed by atoms with E-state index in [9.17, 15) is 49.2 Å². The summed E-state index contributed by atoms with van der Waals surface area (Å²) in [6.45, 7) is 4.81. The van der Waals surface area contributed by atoms with Gasteiger partial charge in [-0.05, 0) is 19.8 Å². The molecule has 1 atom stereocenters. The molecule has 0 aromatic carbocycles.